The number of nitrogens with zero attached hydrogens (tertiary/aromatic N) is 3. The molecule has 1 saturated heterocycles. The van der Waals surface area contributed by atoms with Crippen LogP contribution in [-0.2, 0) is 9.59 Å². The van der Waals surface area contributed by atoms with Gasteiger partial charge in [0, 0.05) is 18.0 Å². The van der Waals surface area contributed by atoms with Gasteiger partial charge in [-0.15, -0.1) is 10.2 Å². The fourth-order valence-corrected chi connectivity index (χ4v) is 5.14. The van der Waals surface area contributed by atoms with Crippen molar-refractivity contribution in [3.05, 3.63) is 65.2 Å². The monoisotopic (exact) mass is 448 g/mol. The third-order valence-electron chi connectivity index (χ3n) is 6.02. The van der Waals surface area contributed by atoms with E-state index >= 15 is 0 Å². The first-order valence-corrected chi connectivity index (χ1v) is 11.6. The molecule has 1 aliphatic heterocycles. The summed E-state index contributed by atoms with van der Waals surface area (Å²) in [4.78, 5) is 28.2. The Hall–Kier alpha value is -3.26. The number of carbonyl (C=O) groups excluding carboxylic acids is 2. The number of nitrogens with one attached hydrogen (secondary N) is 1. The maximum Gasteiger partial charge on any atom is 0.231 e. The van der Waals surface area contributed by atoms with Crippen molar-refractivity contribution >= 4 is 34.0 Å². The molecular formula is C24H24N4O3S. The molecule has 3 aromatic rings. The number of piperidine rings is 1. The van der Waals surface area contributed by atoms with E-state index in [1.165, 1.54) is 11.3 Å². The van der Waals surface area contributed by atoms with Gasteiger partial charge in [-0.25, -0.2) is 0 Å². The molecule has 1 saturated carbocycles. The first-order valence-electron chi connectivity index (χ1n) is 10.8. The smallest absolute Gasteiger partial charge is 0.231 e. The number of carbonyl (C=O) groups is 2. The molecule has 2 atom stereocenters. The van der Waals surface area contributed by atoms with Crippen molar-refractivity contribution in [1.82, 2.24) is 10.2 Å². The van der Waals surface area contributed by atoms with E-state index in [2.05, 4.69) is 15.5 Å². The van der Waals surface area contributed by atoms with Crippen LogP contribution in [0.3, 0.4) is 0 Å². The quantitative estimate of drug-likeness (QED) is 0.598. The maximum absolute atomic E-state index is 13.4. The minimum Gasteiger partial charge on any atom is -0.497 e. The average Bonchev–Trinajstić information content (AvgIpc) is 3.58. The molecule has 1 aliphatic carbocycles. The van der Waals surface area contributed by atoms with Gasteiger partial charge >= 0.3 is 0 Å². The van der Waals surface area contributed by atoms with Crippen molar-refractivity contribution in [2.45, 2.75) is 37.6 Å². The summed E-state index contributed by atoms with van der Waals surface area (Å²) in [7, 11) is 1.61. The van der Waals surface area contributed by atoms with Crippen LogP contribution >= 0.6 is 11.3 Å². The molecule has 2 aromatic carbocycles. The zero-order chi connectivity index (χ0) is 22.1. The highest BCUT2D eigenvalue weighted by Crippen LogP contribution is 2.43. The molecule has 2 heterocycles. The van der Waals surface area contributed by atoms with Gasteiger partial charge in [-0.1, -0.05) is 41.7 Å². The fourth-order valence-electron chi connectivity index (χ4n) is 4.22. The molecule has 5 rings (SSSR count). The minimum atomic E-state index is -0.415. The first-order chi connectivity index (χ1) is 15.6. The van der Waals surface area contributed by atoms with Gasteiger partial charge in [-0.2, -0.15) is 0 Å². The SMILES string of the molecule is COc1ccc(N2C(=O)CC[C@H](C(=O)Nc3nnc(C4CC4)s3)[C@H]2c2ccccc2)cc1. The summed E-state index contributed by atoms with van der Waals surface area (Å²) >= 11 is 1.45. The number of benzene rings is 2. The van der Waals surface area contributed by atoms with E-state index in [9.17, 15) is 9.59 Å². The summed E-state index contributed by atoms with van der Waals surface area (Å²) in [5.74, 6) is 0.661. The lowest BCUT2D eigenvalue weighted by molar-refractivity contribution is -0.125. The minimum absolute atomic E-state index is 0.00000447. The van der Waals surface area contributed by atoms with Crippen molar-refractivity contribution in [3.8, 4) is 5.75 Å². The highest BCUT2D eigenvalue weighted by atomic mass is 32.1. The zero-order valence-electron chi connectivity index (χ0n) is 17.7. The van der Waals surface area contributed by atoms with Crippen molar-refractivity contribution in [3.63, 3.8) is 0 Å². The van der Waals surface area contributed by atoms with Crippen LogP contribution < -0.4 is 15.0 Å². The molecule has 1 aromatic heterocycles. The topological polar surface area (TPSA) is 84.4 Å². The van der Waals surface area contributed by atoms with Gasteiger partial charge in [0.1, 0.15) is 10.8 Å². The Morgan fingerprint density at radius 3 is 2.50 bits per heavy atom. The third kappa shape index (κ3) is 4.10. The summed E-state index contributed by atoms with van der Waals surface area (Å²) in [6.07, 6.45) is 3.06. The lowest BCUT2D eigenvalue weighted by Crippen LogP contribution is -2.46. The number of methoxy groups -OCH3 is 1. The van der Waals surface area contributed by atoms with Gasteiger partial charge in [0.25, 0.3) is 0 Å². The molecule has 1 N–H and O–H groups in total. The predicted octanol–water partition coefficient (Wildman–Crippen LogP) is 4.55. The van der Waals surface area contributed by atoms with Crippen LogP contribution in [0.1, 0.15) is 48.2 Å². The summed E-state index contributed by atoms with van der Waals surface area (Å²) in [6.45, 7) is 0. The van der Waals surface area contributed by atoms with Gasteiger partial charge in [-0.3, -0.25) is 9.59 Å². The predicted molar refractivity (Wildman–Crippen MR) is 123 cm³/mol. The first kappa shape index (κ1) is 20.6. The highest BCUT2D eigenvalue weighted by molar-refractivity contribution is 7.15. The van der Waals surface area contributed by atoms with E-state index in [4.69, 9.17) is 4.74 Å². The third-order valence-corrected chi connectivity index (χ3v) is 7.02. The molecule has 0 spiro atoms. The van der Waals surface area contributed by atoms with E-state index < -0.39 is 12.0 Å². The molecule has 7 nitrogen and oxygen atoms in total. The Morgan fingerprint density at radius 2 is 1.81 bits per heavy atom. The van der Waals surface area contributed by atoms with Crippen LogP contribution in [0.25, 0.3) is 0 Å². The highest BCUT2D eigenvalue weighted by Gasteiger charge is 2.41. The average molecular weight is 449 g/mol. The molecule has 0 radical (unpaired) electrons. The number of amides is 2. The second-order valence-corrected chi connectivity index (χ2v) is 9.18. The molecule has 2 fully saturated rings. The van der Waals surface area contributed by atoms with E-state index in [1.807, 2.05) is 54.6 Å². The molecule has 164 valence electrons. The molecule has 2 aliphatic rings. The number of anilines is 2. The normalized spacial score (nSPS) is 20.8. The standard InChI is InChI=1S/C24H24N4O3S/c1-31-18-11-9-17(10-12-18)28-20(29)14-13-19(21(28)15-5-3-2-4-6-15)22(30)25-24-27-26-23(32-24)16-7-8-16/h2-6,9-12,16,19,21H,7-8,13-14H2,1H3,(H,25,27,30)/t19-,21+/m0/s1. The second kappa shape index (κ2) is 8.70. The number of ether oxygens (including phenoxy) is 1. The van der Waals surface area contributed by atoms with Gasteiger partial charge in [0.2, 0.25) is 16.9 Å². The van der Waals surface area contributed by atoms with Crippen LogP contribution in [0.4, 0.5) is 10.8 Å². The Morgan fingerprint density at radius 1 is 1.06 bits per heavy atom. The van der Waals surface area contributed by atoms with Crippen molar-refractivity contribution in [1.29, 1.82) is 0 Å². The van der Waals surface area contributed by atoms with Crippen LogP contribution in [0.5, 0.6) is 5.75 Å². The summed E-state index contributed by atoms with van der Waals surface area (Å²) in [5.41, 5.74) is 1.67. The van der Waals surface area contributed by atoms with E-state index in [0.29, 0.717) is 29.6 Å². The summed E-state index contributed by atoms with van der Waals surface area (Å²) in [6, 6.07) is 16.7. The number of hydrogen-bond donors (Lipinski definition) is 1. The van der Waals surface area contributed by atoms with Gasteiger partial charge in [0.15, 0.2) is 0 Å². The van der Waals surface area contributed by atoms with E-state index in [-0.39, 0.29) is 11.8 Å². The Kier molecular flexibility index (Phi) is 5.61. The molecule has 8 heteroatoms. The van der Waals surface area contributed by atoms with Crippen molar-refractivity contribution in [2.24, 2.45) is 5.92 Å². The van der Waals surface area contributed by atoms with Crippen molar-refractivity contribution < 1.29 is 14.3 Å². The lowest BCUT2D eigenvalue weighted by Gasteiger charge is -2.40. The van der Waals surface area contributed by atoms with Crippen LogP contribution in [0, 0.1) is 5.92 Å². The number of aromatic nitrogens is 2. The van der Waals surface area contributed by atoms with E-state index in [0.717, 1.165) is 29.1 Å². The molecule has 0 bridgehead atoms. The number of rotatable bonds is 6. The largest absolute Gasteiger partial charge is 0.497 e. The molecular weight excluding hydrogens is 424 g/mol. The zero-order valence-corrected chi connectivity index (χ0v) is 18.5. The van der Waals surface area contributed by atoms with E-state index in [1.54, 1.807) is 12.0 Å². The lowest BCUT2D eigenvalue weighted by atomic mass is 9.83. The Bertz CT molecular complexity index is 1110. The van der Waals surface area contributed by atoms with Crippen LogP contribution in [-0.4, -0.2) is 29.1 Å². The summed E-state index contributed by atoms with van der Waals surface area (Å²) in [5, 5.41) is 12.9. The Labute approximate surface area is 190 Å². The second-order valence-electron chi connectivity index (χ2n) is 8.17. The number of hydrogen-bond acceptors (Lipinski definition) is 6. The van der Waals surface area contributed by atoms with Crippen LogP contribution in [0.15, 0.2) is 54.6 Å². The maximum atomic E-state index is 13.4. The molecule has 0 unspecified atom stereocenters. The van der Waals surface area contributed by atoms with Crippen LogP contribution in [0.2, 0.25) is 0 Å². The van der Waals surface area contributed by atoms with Gasteiger partial charge in [-0.05, 0) is 49.1 Å². The fraction of sp³-hybridized carbons (Fsp3) is 0.333. The van der Waals surface area contributed by atoms with Gasteiger partial charge in [0.05, 0.1) is 19.1 Å². The summed E-state index contributed by atoms with van der Waals surface area (Å²) < 4.78 is 5.26. The van der Waals surface area contributed by atoms with Crippen molar-refractivity contribution in [2.75, 3.05) is 17.3 Å². The van der Waals surface area contributed by atoms with Gasteiger partial charge < -0.3 is 15.0 Å². The molecule has 32 heavy (non-hydrogen) atoms. The Balaban J connectivity index is 1.47. The molecule has 2 amide bonds.